The first kappa shape index (κ1) is 14.8. The van der Waals surface area contributed by atoms with Crippen LogP contribution in [0.2, 0.25) is 0 Å². The van der Waals surface area contributed by atoms with Crippen LogP contribution in [0.1, 0.15) is 27.7 Å². The molecule has 2 nitrogen and oxygen atoms in total. The van der Waals surface area contributed by atoms with Crippen molar-refractivity contribution >= 4 is 5.82 Å². The average Bonchev–Trinajstić information content (AvgIpc) is 2.21. The molecule has 0 spiro atoms. The Morgan fingerprint density at radius 1 is 1.00 bits per heavy atom. The van der Waals surface area contributed by atoms with Gasteiger partial charge >= 0.3 is 0 Å². The summed E-state index contributed by atoms with van der Waals surface area (Å²) in [5, 5.41) is 0. The molecule has 0 radical (unpaired) electrons. The summed E-state index contributed by atoms with van der Waals surface area (Å²) in [5.74, 6) is -2.91. The molecule has 1 rings (SSSR count). The zero-order valence-corrected chi connectivity index (χ0v) is 11.2. The first-order chi connectivity index (χ1) is 8.31. The van der Waals surface area contributed by atoms with Gasteiger partial charge in [-0.15, -0.1) is 0 Å². The van der Waals surface area contributed by atoms with Gasteiger partial charge in [-0.25, -0.2) is 8.78 Å². The summed E-state index contributed by atoms with van der Waals surface area (Å²) in [6.45, 7) is 9.01. The third kappa shape index (κ3) is 3.89. The lowest BCUT2D eigenvalue weighted by Crippen LogP contribution is -2.33. The average molecular weight is 260 g/mol. The van der Waals surface area contributed by atoms with Crippen molar-refractivity contribution in [1.82, 2.24) is 4.98 Å². The van der Waals surface area contributed by atoms with Crippen molar-refractivity contribution in [3.05, 3.63) is 23.6 Å². The highest BCUT2D eigenvalue weighted by atomic mass is 19.2. The molecule has 0 aromatic carbocycles. The minimum atomic E-state index is -1.26. The van der Waals surface area contributed by atoms with Gasteiger partial charge in [0.2, 0.25) is 0 Å². The molecule has 18 heavy (non-hydrogen) atoms. The first-order valence-corrected chi connectivity index (χ1v) is 6.07. The molecular weight excluding hydrogens is 241 g/mol. The highest BCUT2D eigenvalue weighted by molar-refractivity contribution is 5.40. The maximum atomic E-state index is 13.7. The number of anilines is 1. The number of nitrogens with zero attached hydrogens (tertiary/aromatic N) is 2. The molecule has 1 heterocycles. The van der Waals surface area contributed by atoms with Crippen LogP contribution < -0.4 is 4.90 Å². The van der Waals surface area contributed by atoms with Crippen LogP contribution in [0, 0.1) is 29.4 Å². The zero-order chi connectivity index (χ0) is 13.9. The Morgan fingerprint density at radius 2 is 1.50 bits per heavy atom. The van der Waals surface area contributed by atoms with E-state index in [1.165, 1.54) is 0 Å². The van der Waals surface area contributed by atoms with Gasteiger partial charge in [-0.1, -0.05) is 27.7 Å². The summed E-state index contributed by atoms with van der Waals surface area (Å²) in [4.78, 5) is 5.05. The number of halogens is 3. The Balaban J connectivity index is 3.07. The molecule has 0 aliphatic heterocycles. The minimum Gasteiger partial charge on any atom is -0.354 e. The number of hydrogen-bond donors (Lipinski definition) is 0. The summed E-state index contributed by atoms with van der Waals surface area (Å²) >= 11 is 0. The molecule has 1 aromatic heterocycles. The van der Waals surface area contributed by atoms with Gasteiger partial charge in [-0.2, -0.15) is 9.37 Å². The molecule has 0 N–H and O–H groups in total. The van der Waals surface area contributed by atoms with Crippen molar-refractivity contribution in [1.29, 1.82) is 0 Å². The van der Waals surface area contributed by atoms with Crippen molar-refractivity contribution in [2.24, 2.45) is 11.8 Å². The van der Waals surface area contributed by atoms with Crippen LogP contribution >= 0.6 is 0 Å². The van der Waals surface area contributed by atoms with E-state index >= 15 is 0 Å². The second-order valence-electron chi connectivity index (χ2n) is 5.26. The minimum absolute atomic E-state index is 0.115. The molecule has 0 saturated carbocycles. The maximum absolute atomic E-state index is 13.7. The first-order valence-electron chi connectivity index (χ1n) is 6.07. The fourth-order valence-corrected chi connectivity index (χ4v) is 1.79. The summed E-state index contributed by atoms with van der Waals surface area (Å²) in [5.41, 5.74) is 0. The Labute approximate surface area is 106 Å². The van der Waals surface area contributed by atoms with Crippen molar-refractivity contribution < 1.29 is 13.2 Å². The Kier molecular flexibility index (Phi) is 4.99. The van der Waals surface area contributed by atoms with Gasteiger partial charge in [0.05, 0.1) is 0 Å². The Bertz CT molecular complexity index is 395. The van der Waals surface area contributed by atoms with E-state index in [9.17, 15) is 13.2 Å². The summed E-state index contributed by atoms with van der Waals surface area (Å²) in [6.07, 6.45) is 0. The molecule has 5 heteroatoms. The lowest BCUT2D eigenvalue weighted by atomic mass is 10.1. The molecule has 0 aliphatic carbocycles. The topological polar surface area (TPSA) is 16.1 Å². The summed E-state index contributed by atoms with van der Waals surface area (Å²) < 4.78 is 39.6. The third-order valence-electron chi connectivity index (χ3n) is 2.34. The molecule has 0 saturated heterocycles. The highest BCUT2D eigenvalue weighted by Gasteiger charge is 2.19. The molecule has 0 unspecified atom stereocenters. The van der Waals surface area contributed by atoms with Crippen LogP contribution in [-0.4, -0.2) is 18.1 Å². The fraction of sp³-hybridized carbons (Fsp3) is 0.615. The van der Waals surface area contributed by atoms with Gasteiger partial charge in [-0.05, 0) is 11.8 Å². The van der Waals surface area contributed by atoms with E-state index < -0.39 is 17.6 Å². The van der Waals surface area contributed by atoms with E-state index in [0.29, 0.717) is 19.2 Å². The van der Waals surface area contributed by atoms with Crippen LogP contribution in [0.3, 0.4) is 0 Å². The lowest BCUT2D eigenvalue weighted by molar-refractivity contribution is 0.456. The van der Waals surface area contributed by atoms with Gasteiger partial charge in [0.25, 0.3) is 5.95 Å². The molecule has 0 aliphatic rings. The summed E-state index contributed by atoms with van der Waals surface area (Å²) in [7, 11) is 0. The predicted molar refractivity (Wildman–Crippen MR) is 66.0 cm³/mol. The van der Waals surface area contributed by atoms with Crippen molar-refractivity contribution in [3.8, 4) is 0 Å². The van der Waals surface area contributed by atoms with Crippen molar-refractivity contribution in [2.75, 3.05) is 18.0 Å². The Morgan fingerprint density at radius 3 is 1.94 bits per heavy atom. The molecule has 0 atom stereocenters. The highest BCUT2D eigenvalue weighted by Crippen LogP contribution is 2.21. The van der Waals surface area contributed by atoms with Crippen molar-refractivity contribution in [3.63, 3.8) is 0 Å². The standard InChI is InChI=1S/C13H19F3N2/c1-8(2)6-18(7-9(3)4)13-11(15)5-10(14)12(16)17-13/h5,8-9H,6-7H2,1-4H3. The third-order valence-corrected chi connectivity index (χ3v) is 2.34. The van der Waals surface area contributed by atoms with Gasteiger partial charge in [-0.3, -0.25) is 0 Å². The Hall–Kier alpha value is -1.26. The number of aromatic nitrogens is 1. The lowest BCUT2D eigenvalue weighted by Gasteiger charge is -2.27. The normalized spacial score (nSPS) is 11.4. The zero-order valence-electron chi connectivity index (χ0n) is 11.2. The van der Waals surface area contributed by atoms with E-state index in [-0.39, 0.29) is 17.7 Å². The predicted octanol–water partition coefficient (Wildman–Crippen LogP) is 3.62. The monoisotopic (exact) mass is 260 g/mol. The fourth-order valence-electron chi connectivity index (χ4n) is 1.79. The SMILES string of the molecule is CC(C)CN(CC(C)C)c1nc(F)c(F)cc1F. The van der Waals surface area contributed by atoms with Gasteiger partial charge in [0, 0.05) is 19.2 Å². The molecule has 1 aromatic rings. The van der Waals surface area contributed by atoms with E-state index in [2.05, 4.69) is 4.98 Å². The second kappa shape index (κ2) is 6.07. The molecule has 102 valence electrons. The van der Waals surface area contributed by atoms with Crippen LogP contribution in [0.15, 0.2) is 6.07 Å². The quantitative estimate of drug-likeness (QED) is 0.752. The van der Waals surface area contributed by atoms with Crippen molar-refractivity contribution in [2.45, 2.75) is 27.7 Å². The number of hydrogen-bond acceptors (Lipinski definition) is 2. The largest absolute Gasteiger partial charge is 0.354 e. The van der Waals surface area contributed by atoms with E-state index in [4.69, 9.17) is 0 Å². The van der Waals surface area contributed by atoms with Crippen LogP contribution in [0.25, 0.3) is 0 Å². The number of pyridine rings is 1. The molecular formula is C13H19F3N2. The summed E-state index contributed by atoms with van der Waals surface area (Å²) in [6, 6.07) is 0.547. The van der Waals surface area contributed by atoms with E-state index in [1.54, 1.807) is 4.90 Å². The van der Waals surface area contributed by atoms with E-state index in [1.807, 2.05) is 27.7 Å². The van der Waals surface area contributed by atoms with E-state index in [0.717, 1.165) is 0 Å². The molecule has 0 amide bonds. The van der Waals surface area contributed by atoms with Crippen LogP contribution in [0.4, 0.5) is 19.0 Å². The van der Waals surface area contributed by atoms with Crippen LogP contribution in [-0.2, 0) is 0 Å². The van der Waals surface area contributed by atoms with Gasteiger partial charge in [0.1, 0.15) is 0 Å². The number of rotatable bonds is 5. The van der Waals surface area contributed by atoms with Crippen LogP contribution in [0.5, 0.6) is 0 Å². The second-order valence-corrected chi connectivity index (χ2v) is 5.26. The maximum Gasteiger partial charge on any atom is 0.251 e. The van der Waals surface area contributed by atoms with Gasteiger partial charge < -0.3 is 4.90 Å². The van der Waals surface area contributed by atoms with Gasteiger partial charge in [0.15, 0.2) is 17.5 Å². The molecule has 0 fully saturated rings. The smallest absolute Gasteiger partial charge is 0.251 e. The molecule has 0 bridgehead atoms.